The van der Waals surface area contributed by atoms with Crippen LogP contribution >= 0.6 is 0 Å². The quantitative estimate of drug-likeness (QED) is 0.891. The molecule has 0 saturated carbocycles. The van der Waals surface area contributed by atoms with Gasteiger partial charge in [-0.2, -0.15) is 0 Å². The van der Waals surface area contributed by atoms with Crippen molar-refractivity contribution in [3.8, 4) is 23.0 Å². The van der Waals surface area contributed by atoms with Crippen molar-refractivity contribution in [2.45, 2.75) is 25.4 Å². The molecule has 2 aliphatic heterocycles. The lowest BCUT2D eigenvalue weighted by Gasteiger charge is -2.38. The molecule has 0 aliphatic carbocycles. The van der Waals surface area contributed by atoms with Crippen molar-refractivity contribution in [3.63, 3.8) is 0 Å². The van der Waals surface area contributed by atoms with Gasteiger partial charge in [-0.15, -0.1) is 0 Å². The molecule has 2 heterocycles. The standard InChI is InChI=1S/C20H23NO4/c1-23-18-9-13-6-16-15-10-20(25-3)19(24-2)8-12(15)4-5-21(16)11-14(13)7-17(18)22/h7-10,16,22H,4-6,11H2,1-3H3/p+1/t16-/m0/s1. The smallest absolute Gasteiger partial charge is 0.161 e. The topological polar surface area (TPSA) is 52.4 Å². The molecule has 2 aromatic rings. The van der Waals surface area contributed by atoms with Crippen molar-refractivity contribution in [1.29, 1.82) is 0 Å². The summed E-state index contributed by atoms with van der Waals surface area (Å²) in [6.45, 7) is 2.00. The highest BCUT2D eigenvalue weighted by Crippen LogP contribution is 2.38. The largest absolute Gasteiger partial charge is 0.504 e. The van der Waals surface area contributed by atoms with E-state index in [9.17, 15) is 5.11 Å². The Hall–Kier alpha value is -2.40. The number of hydrogen-bond donors (Lipinski definition) is 2. The normalized spacial score (nSPS) is 20.9. The third kappa shape index (κ3) is 2.59. The Bertz CT molecular complexity index is 818. The van der Waals surface area contributed by atoms with Crippen LogP contribution in [0.2, 0.25) is 0 Å². The first-order valence-electron chi connectivity index (χ1n) is 8.62. The van der Waals surface area contributed by atoms with Gasteiger partial charge in [0.25, 0.3) is 0 Å². The summed E-state index contributed by atoms with van der Waals surface area (Å²) in [4.78, 5) is 1.54. The summed E-state index contributed by atoms with van der Waals surface area (Å²) in [5.74, 6) is 2.36. The zero-order valence-electron chi connectivity index (χ0n) is 14.9. The molecule has 4 rings (SSSR count). The monoisotopic (exact) mass is 342 g/mol. The first-order valence-corrected chi connectivity index (χ1v) is 8.62. The second-order valence-electron chi connectivity index (χ2n) is 6.79. The molecule has 0 amide bonds. The van der Waals surface area contributed by atoms with Crippen LogP contribution in [-0.2, 0) is 19.4 Å². The van der Waals surface area contributed by atoms with Gasteiger partial charge in [-0.05, 0) is 35.4 Å². The van der Waals surface area contributed by atoms with Gasteiger partial charge >= 0.3 is 0 Å². The minimum atomic E-state index is 0.225. The molecule has 0 saturated heterocycles. The van der Waals surface area contributed by atoms with Crippen LogP contribution in [0.3, 0.4) is 0 Å². The lowest BCUT2D eigenvalue weighted by atomic mass is 9.83. The van der Waals surface area contributed by atoms with Crippen molar-refractivity contribution < 1.29 is 24.2 Å². The van der Waals surface area contributed by atoms with Crippen molar-refractivity contribution in [3.05, 3.63) is 46.5 Å². The third-order valence-corrected chi connectivity index (χ3v) is 5.57. The average Bonchev–Trinajstić information content (AvgIpc) is 2.64. The van der Waals surface area contributed by atoms with Crippen LogP contribution in [0, 0.1) is 0 Å². The highest BCUT2D eigenvalue weighted by molar-refractivity contribution is 5.51. The predicted octanol–water partition coefficient (Wildman–Crippen LogP) is 1.66. The number of phenolic OH excluding ortho intramolecular Hbond substituents is 1. The number of nitrogens with one attached hydrogen (secondary N) is 1. The van der Waals surface area contributed by atoms with Gasteiger partial charge in [-0.3, -0.25) is 0 Å². The van der Waals surface area contributed by atoms with E-state index in [0.717, 1.165) is 37.4 Å². The molecular weight excluding hydrogens is 318 g/mol. The van der Waals surface area contributed by atoms with Crippen molar-refractivity contribution in [2.75, 3.05) is 27.9 Å². The maximum absolute atomic E-state index is 10.1. The van der Waals surface area contributed by atoms with E-state index in [1.54, 1.807) is 21.3 Å². The second kappa shape index (κ2) is 6.15. The third-order valence-electron chi connectivity index (χ3n) is 5.57. The Morgan fingerprint density at radius 3 is 2.28 bits per heavy atom. The molecule has 1 unspecified atom stereocenters. The molecular formula is C20H24NO4+. The molecule has 2 aromatic carbocycles. The lowest BCUT2D eigenvalue weighted by Crippen LogP contribution is -3.13. The summed E-state index contributed by atoms with van der Waals surface area (Å²) >= 11 is 0. The summed E-state index contributed by atoms with van der Waals surface area (Å²) in [5.41, 5.74) is 5.16. The zero-order chi connectivity index (χ0) is 17.6. The number of aromatic hydroxyl groups is 1. The van der Waals surface area contributed by atoms with Crippen LogP contribution in [0.1, 0.15) is 28.3 Å². The Balaban J connectivity index is 1.76. The van der Waals surface area contributed by atoms with Gasteiger partial charge in [-0.25, -0.2) is 0 Å². The fourth-order valence-corrected chi connectivity index (χ4v) is 4.27. The molecule has 0 bridgehead atoms. The number of benzene rings is 2. The summed E-state index contributed by atoms with van der Waals surface area (Å²) in [6.07, 6.45) is 1.96. The molecule has 0 fully saturated rings. The van der Waals surface area contributed by atoms with Crippen LogP contribution in [0.15, 0.2) is 24.3 Å². The van der Waals surface area contributed by atoms with Gasteiger partial charge in [0.1, 0.15) is 12.6 Å². The first kappa shape index (κ1) is 16.1. The summed E-state index contributed by atoms with van der Waals surface area (Å²) < 4.78 is 16.3. The van der Waals surface area contributed by atoms with Crippen LogP contribution in [-0.4, -0.2) is 33.0 Å². The van der Waals surface area contributed by atoms with Crippen LogP contribution in [0.25, 0.3) is 0 Å². The number of fused-ring (bicyclic) bond motifs is 4. The molecule has 0 spiro atoms. The zero-order valence-corrected chi connectivity index (χ0v) is 14.9. The molecule has 2 N–H and O–H groups in total. The van der Waals surface area contributed by atoms with E-state index in [1.807, 2.05) is 12.1 Å². The number of rotatable bonds is 3. The maximum Gasteiger partial charge on any atom is 0.161 e. The molecule has 5 heteroatoms. The SMILES string of the molecule is COc1cc2c(cc1O)C[NH+]1CCc3cc(OC)c(OC)cc3[C@@H]1C2. The number of hydrogen-bond acceptors (Lipinski definition) is 4. The van der Waals surface area contributed by atoms with Gasteiger partial charge in [0, 0.05) is 24.0 Å². The van der Waals surface area contributed by atoms with Gasteiger partial charge in [0.2, 0.25) is 0 Å². The minimum Gasteiger partial charge on any atom is -0.504 e. The molecule has 5 nitrogen and oxygen atoms in total. The van der Waals surface area contributed by atoms with Crippen molar-refractivity contribution in [2.24, 2.45) is 0 Å². The van der Waals surface area contributed by atoms with E-state index >= 15 is 0 Å². The van der Waals surface area contributed by atoms with E-state index in [1.165, 1.54) is 27.2 Å². The van der Waals surface area contributed by atoms with Gasteiger partial charge in [0.05, 0.1) is 27.9 Å². The Labute approximate surface area is 147 Å². The summed E-state index contributed by atoms with van der Waals surface area (Å²) in [5, 5.41) is 10.1. The lowest BCUT2D eigenvalue weighted by molar-refractivity contribution is -0.949. The van der Waals surface area contributed by atoms with Gasteiger partial charge < -0.3 is 24.2 Å². The predicted molar refractivity (Wildman–Crippen MR) is 93.9 cm³/mol. The maximum atomic E-state index is 10.1. The number of methoxy groups -OCH3 is 3. The van der Waals surface area contributed by atoms with E-state index in [4.69, 9.17) is 14.2 Å². The number of ether oxygens (including phenoxy) is 3. The Morgan fingerprint density at radius 1 is 0.880 bits per heavy atom. The first-order chi connectivity index (χ1) is 12.1. The van der Waals surface area contributed by atoms with Crippen molar-refractivity contribution >= 4 is 0 Å². The molecule has 25 heavy (non-hydrogen) atoms. The van der Waals surface area contributed by atoms with Gasteiger partial charge in [0.15, 0.2) is 23.0 Å². The minimum absolute atomic E-state index is 0.225. The number of quaternary nitrogens is 1. The molecule has 0 aromatic heterocycles. The van der Waals surface area contributed by atoms with Crippen LogP contribution in [0.4, 0.5) is 0 Å². The molecule has 2 aliphatic rings. The highest BCUT2D eigenvalue weighted by atomic mass is 16.5. The fraction of sp³-hybridized carbons (Fsp3) is 0.400. The number of phenols is 1. The average molecular weight is 342 g/mol. The van der Waals surface area contributed by atoms with Gasteiger partial charge in [-0.1, -0.05) is 0 Å². The van der Waals surface area contributed by atoms with E-state index in [0.29, 0.717) is 11.8 Å². The van der Waals surface area contributed by atoms with Crippen molar-refractivity contribution in [1.82, 2.24) is 0 Å². The Kier molecular flexibility index (Phi) is 3.96. The Morgan fingerprint density at radius 2 is 1.56 bits per heavy atom. The summed E-state index contributed by atoms with van der Waals surface area (Å²) in [7, 11) is 4.95. The van der Waals surface area contributed by atoms with Crippen LogP contribution in [0.5, 0.6) is 23.0 Å². The molecule has 2 atom stereocenters. The second-order valence-corrected chi connectivity index (χ2v) is 6.79. The van der Waals surface area contributed by atoms with Crippen LogP contribution < -0.4 is 19.1 Å². The van der Waals surface area contributed by atoms with E-state index in [-0.39, 0.29) is 5.75 Å². The van der Waals surface area contributed by atoms with E-state index in [2.05, 4.69) is 12.1 Å². The fourth-order valence-electron chi connectivity index (χ4n) is 4.27. The van der Waals surface area contributed by atoms with E-state index < -0.39 is 0 Å². The molecule has 132 valence electrons. The summed E-state index contributed by atoms with van der Waals surface area (Å²) in [6, 6.07) is 8.50. The highest BCUT2D eigenvalue weighted by Gasteiger charge is 2.37. The molecule has 0 radical (unpaired) electrons.